The van der Waals surface area contributed by atoms with Crippen LogP contribution >= 0.6 is 0 Å². The van der Waals surface area contributed by atoms with Gasteiger partial charge in [0, 0.05) is 24.2 Å². The van der Waals surface area contributed by atoms with E-state index < -0.39 is 0 Å². The molecule has 0 aromatic heterocycles. The molecule has 27 heavy (non-hydrogen) atoms. The first-order chi connectivity index (χ1) is 13.0. The van der Waals surface area contributed by atoms with E-state index in [0.717, 1.165) is 25.7 Å². The van der Waals surface area contributed by atoms with Crippen LogP contribution < -0.4 is 9.47 Å². The van der Waals surface area contributed by atoms with Gasteiger partial charge in [-0.05, 0) is 25.0 Å². The molecule has 0 heterocycles. The number of carbonyl (C=O) groups is 2. The van der Waals surface area contributed by atoms with Crippen molar-refractivity contribution >= 4 is 11.9 Å². The van der Waals surface area contributed by atoms with Crippen molar-refractivity contribution in [2.45, 2.75) is 51.5 Å². The molecule has 1 fully saturated rings. The van der Waals surface area contributed by atoms with Crippen LogP contribution in [0.1, 0.15) is 55.8 Å². The molecule has 1 saturated carbocycles. The molecule has 6 heteroatoms. The van der Waals surface area contributed by atoms with Gasteiger partial charge < -0.3 is 19.1 Å². The third kappa shape index (κ3) is 5.62. The first-order valence-corrected chi connectivity index (χ1v) is 9.62. The van der Waals surface area contributed by atoms with Gasteiger partial charge in [-0.25, -0.2) is 0 Å². The Bertz CT molecular complexity index is 615. The van der Waals surface area contributed by atoms with Crippen LogP contribution in [0.15, 0.2) is 18.2 Å². The Hall–Kier alpha value is -2.24. The zero-order valence-corrected chi connectivity index (χ0v) is 16.8. The summed E-state index contributed by atoms with van der Waals surface area (Å²) >= 11 is 0. The van der Waals surface area contributed by atoms with E-state index in [1.807, 2.05) is 4.90 Å². The lowest BCUT2D eigenvalue weighted by molar-refractivity contribution is -0.145. The summed E-state index contributed by atoms with van der Waals surface area (Å²) in [4.78, 5) is 27.2. The van der Waals surface area contributed by atoms with Gasteiger partial charge in [0.15, 0.2) is 0 Å². The number of ether oxygens (including phenoxy) is 3. The van der Waals surface area contributed by atoms with Crippen LogP contribution in [-0.4, -0.2) is 50.7 Å². The number of carbonyl (C=O) groups excluding carboxylic acids is 2. The molecule has 2 rings (SSSR count). The van der Waals surface area contributed by atoms with Crippen LogP contribution in [0.3, 0.4) is 0 Å². The van der Waals surface area contributed by atoms with Gasteiger partial charge >= 0.3 is 5.97 Å². The molecule has 0 radical (unpaired) electrons. The molecule has 1 aromatic carbocycles. The van der Waals surface area contributed by atoms with Crippen molar-refractivity contribution in [3.63, 3.8) is 0 Å². The molecule has 0 N–H and O–H groups in total. The van der Waals surface area contributed by atoms with Gasteiger partial charge in [0.25, 0.3) is 5.91 Å². The van der Waals surface area contributed by atoms with Gasteiger partial charge in [-0.15, -0.1) is 0 Å². The second-order valence-corrected chi connectivity index (χ2v) is 7.13. The molecule has 1 aliphatic carbocycles. The maximum absolute atomic E-state index is 13.4. The second kappa shape index (κ2) is 10.2. The third-order valence-corrected chi connectivity index (χ3v) is 5.20. The molecule has 0 bridgehead atoms. The van der Waals surface area contributed by atoms with Crippen LogP contribution in [0, 0.1) is 5.92 Å². The zero-order chi connectivity index (χ0) is 19.8. The van der Waals surface area contributed by atoms with Crippen molar-refractivity contribution in [3.05, 3.63) is 23.8 Å². The highest BCUT2D eigenvalue weighted by molar-refractivity contribution is 5.95. The van der Waals surface area contributed by atoms with Crippen LogP contribution in [-0.2, 0) is 9.53 Å². The minimum Gasteiger partial charge on any atom is -0.497 e. The van der Waals surface area contributed by atoms with Crippen molar-refractivity contribution in [1.82, 2.24) is 4.90 Å². The fourth-order valence-corrected chi connectivity index (χ4v) is 3.63. The number of esters is 1. The lowest BCUT2D eigenvalue weighted by Crippen LogP contribution is -2.44. The van der Waals surface area contributed by atoms with Crippen LogP contribution in [0.25, 0.3) is 0 Å². The second-order valence-electron chi connectivity index (χ2n) is 7.13. The van der Waals surface area contributed by atoms with Crippen molar-refractivity contribution < 1.29 is 23.8 Å². The summed E-state index contributed by atoms with van der Waals surface area (Å²) in [6.45, 7) is 2.14. The number of methoxy groups -OCH3 is 3. The molecule has 1 aromatic rings. The highest BCUT2D eigenvalue weighted by atomic mass is 16.5. The van der Waals surface area contributed by atoms with E-state index in [1.54, 1.807) is 39.3 Å². The van der Waals surface area contributed by atoms with E-state index in [2.05, 4.69) is 0 Å². The van der Waals surface area contributed by atoms with E-state index in [4.69, 9.17) is 14.2 Å². The SMILES string of the molecule is COC(=O)C(C)CN(C(=O)c1cc(OC)cc(OC)c1)C1CCCCCC1. The van der Waals surface area contributed by atoms with Gasteiger partial charge in [0.05, 0.1) is 27.2 Å². The van der Waals surface area contributed by atoms with Crippen molar-refractivity contribution in [2.24, 2.45) is 5.92 Å². The molecule has 1 unspecified atom stereocenters. The number of nitrogens with zero attached hydrogens (tertiary/aromatic N) is 1. The zero-order valence-electron chi connectivity index (χ0n) is 16.8. The van der Waals surface area contributed by atoms with E-state index in [0.29, 0.717) is 23.6 Å². The third-order valence-electron chi connectivity index (χ3n) is 5.20. The number of hydrogen-bond donors (Lipinski definition) is 0. The first-order valence-electron chi connectivity index (χ1n) is 9.62. The predicted molar refractivity (Wildman–Crippen MR) is 103 cm³/mol. The summed E-state index contributed by atoms with van der Waals surface area (Å²) in [5.41, 5.74) is 0.507. The molecular formula is C21H31NO5. The Labute approximate surface area is 161 Å². The smallest absolute Gasteiger partial charge is 0.310 e. The van der Waals surface area contributed by atoms with Gasteiger partial charge in [-0.2, -0.15) is 0 Å². The Kier molecular flexibility index (Phi) is 7.95. The number of hydrogen-bond acceptors (Lipinski definition) is 5. The number of amides is 1. The molecule has 1 amide bonds. The largest absolute Gasteiger partial charge is 0.497 e. The maximum Gasteiger partial charge on any atom is 0.310 e. The monoisotopic (exact) mass is 377 g/mol. The molecule has 0 saturated heterocycles. The Morgan fingerprint density at radius 3 is 2.04 bits per heavy atom. The summed E-state index contributed by atoms with van der Waals surface area (Å²) in [5, 5.41) is 0. The molecule has 6 nitrogen and oxygen atoms in total. The Balaban J connectivity index is 2.33. The molecule has 0 spiro atoms. The first kappa shape index (κ1) is 21.1. The average Bonchev–Trinajstić information content (AvgIpc) is 2.99. The molecule has 1 atom stereocenters. The highest BCUT2D eigenvalue weighted by Gasteiger charge is 2.29. The summed E-state index contributed by atoms with van der Waals surface area (Å²) in [6, 6.07) is 5.31. The lowest BCUT2D eigenvalue weighted by atomic mass is 10.0. The molecular weight excluding hydrogens is 346 g/mol. The van der Waals surface area contributed by atoms with E-state index >= 15 is 0 Å². The lowest BCUT2D eigenvalue weighted by Gasteiger charge is -2.33. The van der Waals surface area contributed by atoms with Gasteiger partial charge in [0.2, 0.25) is 0 Å². The van der Waals surface area contributed by atoms with E-state index in [9.17, 15) is 9.59 Å². The number of benzene rings is 1. The summed E-state index contributed by atoms with van der Waals surface area (Å²) in [7, 11) is 4.50. The molecule has 150 valence electrons. The topological polar surface area (TPSA) is 65.1 Å². The predicted octanol–water partition coefficient (Wildman–Crippen LogP) is 3.68. The van der Waals surface area contributed by atoms with Crippen LogP contribution in [0.4, 0.5) is 0 Å². The fourth-order valence-electron chi connectivity index (χ4n) is 3.63. The van der Waals surface area contributed by atoms with Gasteiger partial charge in [-0.3, -0.25) is 9.59 Å². The summed E-state index contributed by atoms with van der Waals surface area (Å²) in [6.07, 6.45) is 6.50. The standard InChI is InChI=1S/C21H31NO5/c1-15(21(24)27-4)14-22(17-9-7-5-6-8-10-17)20(23)16-11-18(25-2)13-19(12-16)26-3/h11-13,15,17H,5-10,14H2,1-4H3. The molecule has 0 aliphatic heterocycles. The minimum atomic E-state index is -0.380. The van der Waals surface area contributed by atoms with E-state index in [1.165, 1.54) is 20.0 Å². The fraction of sp³-hybridized carbons (Fsp3) is 0.619. The van der Waals surface area contributed by atoms with E-state index in [-0.39, 0.29) is 23.8 Å². The number of rotatable bonds is 7. The van der Waals surface area contributed by atoms with Gasteiger partial charge in [-0.1, -0.05) is 32.6 Å². The average molecular weight is 377 g/mol. The van der Waals surface area contributed by atoms with Crippen molar-refractivity contribution in [3.8, 4) is 11.5 Å². The molecule has 1 aliphatic rings. The minimum absolute atomic E-state index is 0.102. The summed E-state index contributed by atoms with van der Waals surface area (Å²) in [5.74, 6) is 0.355. The van der Waals surface area contributed by atoms with Gasteiger partial charge in [0.1, 0.15) is 11.5 Å². The summed E-state index contributed by atoms with van der Waals surface area (Å²) < 4.78 is 15.5. The Morgan fingerprint density at radius 2 is 1.56 bits per heavy atom. The van der Waals surface area contributed by atoms with Crippen LogP contribution in [0.5, 0.6) is 11.5 Å². The van der Waals surface area contributed by atoms with Crippen molar-refractivity contribution in [1.29, 1.82) is 0 Å². The Morgan fingerprint density at radius 1 is 1.00 bits per heavy atom. The van der Waals surface area contributed by atoms with Crippen molar-refractivity contribution in [2.75, 3.05) is 27.9 Å². The quantitative estimate of drug-likeness (QED) is 0.536. The normalized spacial score (nSPS) is 16.1. The maximum atomic E-state index is 13.4. The van der Waals surface area contributed by atoms with Crippen LogP contribution in [0.2, 0.25) is 0 Å². The highest BCUT2D eigenvalue weighted by Crippen LogP contribution is 2.28.